The van der Waals surface area contributed by atoms with Crippen molar-refractivity contribution in [1.29, 1.82) is 0 Å². The van der Waals surface area contributed by atoms with E-state index < -0.39 is 6.09 Å². The number of carbonyl (C=O) groups excluding carboxylic acids is 2. The van der Waals surface area contributed by atoms with Crippen LogP contribution < -0.4 is 10.1 Å². The van der Waals surface area contributed by atoms with Gasteiger partial charge in [0.25, 0.3) is 0 Å². The van der Waals surface area contributed by atoms with Gasteiger partial charge in [0.1, 0.15) is 5.75 Å². The molecule has 0 atom stereocenters. The van der Waals surface area contributed by atoms with E-state index >= 15 is 0 Å². The number of anilines is 1. The molecule has 132 valence electrons. The fourth-order valence-corrected chi connectivity index (χ4v) is 3.68. The number of hydrogen-bond acceptors (Lipinski definition) is 6. The number of nitrogens with zero attached hydrogens (tertiary/aromatic N) is 2. The quantitative estimate of drug-likeness (QED) is 0.905. The van der Waals surface area contributed by atoms with E-state index in [-0.39, 0.29) is 5.91 Å². The predicted octanol–water partition coefficient (Wildman–Crippen LogP) is 2.46. The fourth-order valence-electron chi connectivity index (χ4n) is 2.67. The number of thiazole rings is 1. The van der Waals surface area contributed by atoms with E-state index in [2.05, 4.69) is 15.0 Å². The molecule has 0 aliphatic carbocycles. The van der Waals surface area contributed by atoms with Gasteiger partial charge in [-0.05, 0) is 17.7 Å². The van der Waals surface area contributed by atoms with Crippen LogP contribution in [0.25, 0.3) is 0 Å². The standard InChI is InChI=1S/C17H19N3O4S/c1-23-12-5-3-4-11(8-12)9-15(21)20-7-6-13-14(10-20)25-16(18-13)19-17(22)24-2/h3-5,8H,6-7,9-10H2,1-2H3,(H,18,19,22). The average molecular weight is 361 g/mol. The summed E-state index contributed by atoms with van der Waals surface area (Å²) >= 11 is 1.38. The minimum absolute atomic E-state index is 0.0646. The molecule has 2 aromatic rings. The minimum Gasteiger partial charge on any atom is -0.497 e. The first kappa shape index (κ1) is 17.2. The van der Waals surface area contributed by atoms with Gasteiger partial charge in [-0.15, -0.1) is 0 Å². The van der Waals surface area contributed by atoms with Crippen molar-refractivity contribution in [3.05, 3.63) is 40.4 Å². The van der Waals surface area contributed by atoms with Gasteiger partial charge in [-0.1, -0.05) is 23.5 Å². The second-order valence-electron chi connectivity index (χ2n) is 5.60. The summed E-state index contributed by atoms with van der Waals surface area (Å²) in [6.45, 7) is 1.13. The van der Waals surface area contributed by atoms with Crippen molar-refractivity contribution >= 4 is 28.5 Å². The normalized spacial score (nSPS) is 13.1. The van der Waals surface area contributed by atoms with E-state index in [1.807, 2.05) is 29.2 Å². The van der Waals surface area contributed by atoms with Crippen LogP contribution in [0.2, 0.25) is 0 Å². The number of ether oxygens (including phenoxy) is 2. The van der Waals surface area contributed by atoms with Crippen molar-refractivity contribution in [2.45, 2.75) is 19.4 Å². The Morgan fingerprint density at radius 3 is 2.96 bits per heavy atom. The molecule has 1 N–H and O–H groups in total. The van der Waals surface area contributed by atoms with Crippen molar-refractivity contribution < 1.29 is 19.1 Å². The average Bonchev–Trinajstić information content (AvgIpc) is 3.02. The molecule has 0 radical (unpaired) electrons. The van der Waals surface area contributed by atoms with Crippen LogP contribution in [0.1, 0.15) is 16.1 Å². The Kier molecular flexibility index (Phi) is 5.18. The molecule has 1 aliphatic rings. The maximum atomic E-state index is 12.6. The molecule has 0 fully saturated rings. The van der Waals surface area contributed by atoms with Crippen molar-refractivity contribution in [3.63, 3.8) is 0 Å². The van der Waals surface area contributed by atoms with Crippen LogP contribution in [0, 0.1) is 0 Å². The first-order valence-corrected chi connectivity index (χ1v) is 8.65. The van der Waals surface area contributed by atoms with Gasteiger partial charge in [0.15, 0.2) is 5.13 Å². The molecular weight excluding hydrogens is 342 g/mol. The molecule has 1 aromatic carbocycles. The van der Waals surface area contributed by atoms with Gasteiger partial charge in [0, 0.05) is 17.8 Å². The van der Waals surface area contributed by atoms with Gasteiger partial charge in [0.2, 0.25) is 5.91 Å². The number of hydrogen-bond donors (Lipinski definition) is 1. The van der Waals surface area contributed by atoms with Crippen LogP contribution in [0.3, 0.4) is 0 Å². The van der Waals surface area contributed by atoms with Crippen LogP contribution in [0.15, 0.2) is 24.3 Å². The highest BCUT2D eigenvalue weighted by atomic mass is 32.1. The van der Waals surface area contributed by atoms with Crippen molar-refractivity contribution in [3.8, 4) is 5.75 Å². The van der Waals surface area contributed by atoms with Gasteiger partial charge < -0.3 is 14.4 Å². The van der Waals surface area contributed by atoms with Gasteiger partial charge >= 0.3 is 6.09 Å². The lowest BCUT2D eigenvalue weighted by atomic mass is 10.1. The highest BCUT2D eigenvalue weighted by Gasteiger charge is 2.24. The molecule has 0 saturated heterocycles. The molecule has 8 heteroatoms. The molecule has 3 rings (SSSR count). The molecule has 0 spiro atoms. The van der Waals surface area contributed by atoms with Crippen LogP contribution in [-0.2, 0) is 28.9 Å². The molecule has 0 unspecified atom stereocenters. The van der Waals surface area contributed by atoms with Crippen molar-refractivity contribution in [2.24, 2.45) is 0 Å². The summed E-state index contributed by atoms with van der Waals surface area (Å²) in [5.41, 5.74) is 1.86. The van der Waals surface area contributed by atoms with Crippen LogP contribution in [-0.4, -0.2) is 42.6 Å². The van der Waals surface area contributed by atoms with E-state index in [1.165, 1.54) is 18.4 Å². The van der Waals surface area contributed by atoms with Crippen molar-refractivity contribution in [2.75, 3.05) is 26.1 Å². The minimum atomic E-state index is -0.544. The van der Waals surface area contributed by atoms with Gasteiger partial charge in [-0.25, -0.2) is 9.78 Å². The summed E-state index contributed by atoms with van der Waals surface area (Å²) in [4.78, 5) is 31.1. The second kappa shape index (κ2) is 7.52. The second-order valence-corrected chi connectivity index (χ2v) is 6.68. The van der Waals surface area contributed by atoms with Crippen molar-refractivity contribution in [1.82, 2.24) is 9.88 Å². The SMILES string of the molecule is COC(=O)Nc1nc2c(s1)CN(C(=O)Cc1cccc(OC)c1)CC2. The highest BCUT2D eigenvalue weighted by molar-refractivity contribution is 7.15. The van der Waals surface area contributed by atoms with E-state index in [1.54, 1.807) is 7.11 Å². The summed E-state index contributed by atoms with van der Waals surface area (Å²) in [5.74, 6) is 0.807. The van der Waals surface area contributed by atoms with Crippen LogP contribution in [0.4, 0.5) is 9.93 Å². The predicted molar refractivity (Wildman–Crippen MR) is 94.0 cm³/mol. The molecule has 25 heavy (non-hydrogen) atoms. The molecule has 1 aromatic heterocycles. The number of rotatable bonds is 4. The molecule has 2 heterocycles. The monoisotopic (exact) mass is 361 g/mol. The van der Waals surface area contributed by atoms with E-state index in [4.69, 9.17) is 4.74 Å². The third-order valence-corrected chi connectivity index (χ3v) is 4.97. The maximum absolute atomic E-state index is 12.6. The van der Waals surface area contributed by atoms with Gasteiger partial charge in [-0.2, -0.15) is 0 Å². The number of methoxy groups -OCH3 is 2. The summed E-state index contributed by atoms with van der Waals surface area (Å²) in [5, 5.41) is 3.07. The summed E-state index contributed by atoms with van der Waals surface area (Å²) in [7, 11) is 2.92. The number of fused-ring (bicyclic) bond motifs is 1. The van der Waals surface area contributed by atoms with Crippen LogP contribution >= 0.6 is 11.3 Å². The molecule has 2 amide bonds. The Bertz CT molecular complexity index is 790. The lowest BCUT2D eigenvalue weighted by molar-refractivity contribution is -0.131. The molecule has 1 aliphatic heterocycles. The Labute approximate surface area is 149 Å². The zero-order valence-corrected chi connectivity index (χ0v) is 14.9. The Morgan fingerprint density at radius 2 is 2.20 bits per heavy atom. The number of amides is 2. The lowest BCUT2D eigenvalue weighted by Crippen LogP contribution is -2.36. The fraction of sp³-hybridized carbons (Fsp3) is 0.353. The smallest absolute Gasteiger partial charge is 0.413 e. The number of nitrogens with one attached hydrogen (secondary N) is 1. The summed E-state index contributed by atoms with van der Waals surface area (Å²) in [6.07, 6.45) is 0.467. The van der Waals surface area contributed by atoms with Gasteiger partial charge in [-0.3, -0.25) is 10.1 Å². The topological polar surface area (TPSA) is 80.8 Å². The van der Waals surface area contributed by atoms with E-state index in [0.29, 0.717) is 31.1 Å². The largest absolute Gasteiger partial charge is 0.497 e. The Balaban J connectivity index is 1.65. The van der Waals surface area contributed by atoms with Crippen LogP contribution in [0.5, 0.6) is 5.75 Å². The Hall–Kier alpha value is -2.61. The summed E-state index contributed by atoms with van der Waals surface area (Å²) in [6, 6.07) is 7.53. The first-order valence-electron chi connectivity index (χ1n) is 7.83. The summed E-state index contributed by atoms with van der Waals surface area (Å²) < 4.78 is 9.77. The molecule has 7 nitrogen and oxygen atoms in total. The molecule has 0 bridgehead atoms. The zero-order valence-electron chi connectivity index (χ0n) is 14.1. The number of benzene rings is 1. The first-order chi connectivity index (χ1) is 12.1. The number of aromatic nitrogens is 1. The lowest BCUT2D eigenvalue weighted by Gasteiger charge is -2.26. The number of carbonyl (C=O) groups is 2. The molecular formula is C17H19N3O4S. The Morgan fingerprint density at radius 1 is 1.36 bits per heavy atom. The molecule has 0 saturated carbocycles. The van der Waals surface area contributed by atoms with Gasteiger partial charge in [0.05, 0.1) is 32.9 Å². The van der Waals surface area contributed by atoms with E-state index in [9.17, 15) is 9.59 Å². The van der Waals surface area contributed by atoms with E-state index in [0.717, 1.165) is 21.9 Å². The third-order valence-electron chi connectivity index (χ3n) is 3.97. The highest BCUT2D eigenvalue weighted by Crippen LogP contribution is 2.28. The maximum Gasteiger partial charge on any atom is 0.413 e. The zero-order chi connectivity index (χ0) is 17.8. The third kappa shape index (κ3) is 4.08.